The van der Waals surface area contributed by atoms with Crippen molar-refractivity contribution < 1.29 is 0 Å². The van der Waals surface area contributed by atoms with Gasteiger partial charge in [0, 0.05) is 22.0 Å². The van der Waals surface area contributed by atoms with E-state index in [-0.39, 0.29) is 0 Å². The molecule has 5 heteroatoms. The van der Waals surface area contributed by atoms with Gasteiger partial charge in [0.15, 0.2) is 11.5 Å². The summed E-state index contributed by atoms with van der Waals surface area (Å²) in [4.78, 5) is 17.2. The largest absolute Gasteiger partial charge is 0.309 e. The highest BCUT2D eigenvalue weighted by Crippen LogP contribution is 2.37. The minimum atomic E-state index is 0.519. The Bertz CT molecular complexity index is 1850. The lowest BCUT2D eigenvalue weighted by Crippen LogP contribution is -2.00. The van der Waals surface area contributed by atoms with Crippen LogP contribution in [0.1, 0.15) is 22.8 Å². The Balaban J connectivity index is 1.64. The zero-order chi connectivity index (χ0) is 25.7. The standard InChI is InChI=1S/C32H25N5/c1-19-14-20(2)16-24(15-19)23-10-12-27-26-8-6-7-9-30(26)37(31(27)17-23)25-11-13-29(33-5)28(18-25)32-35-21(3)34-22(4)36-32/h6-18H,1-4H3. The van der Waals surface area contributed by atoms with Crippen molar-refractivity contribution in [3.05, 3.63) is 113 Å². The molecule has 178 valence electrons. The fraction of sp³-hybridized carbons (Fsp3) is 0.125. The van der Waals surface area contributed by atoms with E-state index in [0.29, 0.717) is 28.7 Å². The van der Waals surface area contributed by atoms with Crippen molar-refractivity contribution >= 4 is 27.5 Å². The first-order valence-electron chi connectivity index (χ1n) is 12.2. The Morgan fingerprint density at radius 3 is 2.08 bits per heavy atom. The van der Waals surface area contributed by atoms with Gasteiger partial charge in [-0.1, -0.05) is 65.7 Å². The fourth-order valence-electron chi connectivity index (χ4n) is 5.25. The minimum absolute atomic E-state index is 0.519. The maximum atomic E-state index is 7.75. The van der Waals surface area contributed by atoms with Crippen LogP contribution in [0.15, 0.2) is 78.9 Å². The molecule has 5 nitrogen and oxygen atoms in total. The van der Waals surface area contributed by atoms with Gasteiger partial charge in [0.25, 0.3) is 0 Å². The molecule has 0 atom stereocenters. The zero-order valence-electron chi connectivity index (χ0n) is 21.2. The summed E-state index contributed by atoms with van der Waals surface area (Å²) in [6.45, 7) is 15.7. The Labute approximate surface area is 215 Å². The van der Waals surface area contributed by atoms with Gasteiger partial charge in [-0.25, -0.2) is 19.8 Å². The number of hydrogen-bond acceptors (Lipinski definition) is 3. The molecule has 0 saturated carbocycles. The fourth-order valence-corrected chi connectivity index (χ4v) is 5.25. The number of nitrogens with zero attached hydrogens (tertiary/aromatic N) is 5. The van der Waals surface area contributed by atoms with Crippen LogP contribution in [-0.2, 0) is 0 Å². The molecule has 4 aromatic carbocycles. The SMILES string of the molecule is [C-]#[N+]c1ccc(-n2c3ccccc3c3ccc(-c4cc(C)cc(C)c4)cc32)cc1-c1nc(C)nc(C)n1. The van der Waals surface area contributed by atoms with E-state index in [1.807, 2.05) is 32.0 Å². The number of para-hydroxylation sites is 1. The minimum Gasteiger partial charge on any atom is -0.309 e. The topological polar surface area (TPSA) is 48.0 Å². The number of fused-ring (bicyclic) bond motifs is 3. The van der Waals surface area contributed by atoms with E-state index < -0.39 is 0 Å². The highest BCUT2D eigenvalue weighted by molar-refractivity contribution is 6.10. The third-order valence-corrected chi connectivity index (χ3v) is 6.69. The van der Waals surface area contributed by atoms with Gasteiger partial charge < -0.3 is 4.57 Å². The second kappa shape index (κ2) is 8.69. The van der Waals surface area contributed by atoms with Crippen molar-refractivity contribution in [3.63, 3.8) is 0 Å². The van der Waals surface area contributed by atoms with Crippen LogP contribution in [0.4, 0.5) is 5.69 Å². The molecular weight excluding hydrogens is 454 g/mol. The lowest BCUT2D eigenvalue weighted by Gasteiger charge is -2.12. The van der Waals surface area contributed by atoms with Gasteiger partial charge in [0.2, 0.25) is 0 Å². The predicted molar refractivity (Wildman–Crippen MR) is 150 cm³/mol. The summed E-state index contributed by atoms with van der Waals surface area (Å²) in [5.41, 5.74) is 9.28. The molecule has 0 aliphatic heterocycles. The highest BCUT2D eigenvalue weighted by Gasteiger charge is 2.17. The number of rotatable bonds is 3. The molecule has 0 amide bonds. The Morgan fingerprint density at radius 1 is 0.649 bits per heavy atom. The second-order valence-corrected chi connectivity index (χ2v) is 9.53. The van der Waals surface area contributed by atoms with Crippen molar-refractivity contribution in [3.8, 4) is 28.2 Å². The lowest BCUT2D eigenvalue weighted by atomic mass is 9.99. The van der Waals surface area contributed by atoms with Gasteiger partial charge in [-0.3, -0.25) is 0 Å². The summed E-state index contributed by atoms with van der Waals surface area (Å²) in [6, 6.07) is 27.7. The van der Waals surface area contributed by atoms with Crippen LogP contribution in [0, 0.1) is 34.3 Å². The van der Waals surface area contributed by atoms with Gasteiger partial charge in [-0.15, -0.1) is 0 Å². The van der Waals surface area contributed by atoms with E-state index in [4.69, 9.17) is 6.57 Å². The quantitative estimate of drug-likeness (QED) is 0.241. The van der Waals surface area contributed by atoms with Crippen LogP contribution < -0.4 is 0 Å². The summed E-state index contributed by atoms with van der Waals surface area (Å²) in [7, 11) is 0. The number of benzene rings is 4. The summed E-state index contributed by atoms with van der Waals surface area (Å²) in [6.07, 6.45) is 0. The van der Waals surface area contributed by atoms with Gasteiger partial charge in [0.1, 0.15) is 11.6 Å². The normalized spacial score (nSPS) is 11.2. The van der Waals surface area contributed by atoms with Crippen LogP contribution in [0.5, 0.6) is 0 Å². The first-order chi connectivity index (χ1) is 17.9. The van der Waals surface area contributed by atoms with Crippen LogP contribution >= 0.6 is 0 Å². The summed E-state index contributed by atoms with van der Waals surface area (Å²) < 4.78 is 2.27. The van der Waals surface area contributed by atoms with Crippen LogP contribution in [0.3, 0.4) is 0 Å². The zero-order valence-corrected chi connectivity index (χ0v) is 21.2. The average molecular weight is 480 g/mol. The molecule has 0 unspecified atom stereocenters. The Kier molecular flexibility index (Phi) is 5.31. The van der Waals surface area contributed by atoms with E-state index in [2.05, 4.69) is 98.9 Å². The van der Waals surface area contributed by atoms with Crippen LogP contribution in [0.25, 0.3) is 54.9 Å². The van der Waals surface area contributed by atoms with E-state index in [1.54, 1.807) is 0 Å². The molecule has 0 saturated heterocycles. The van der Waals surface area contributed by atoms with Crippen molar-refractivity contribution in [1.29, 1.82) is 0 Å². The van der Waals surface area contributed by atoms with E-state index in [0.717, 1.165) is 16.7 Å². The third kappa shape index (κ3) is 3.93. The average Bonchev–Trinajstić information content (AvgIpc) is 3.21. The van der Waals surface area contributed by atoms with Gasteiger partial charge in [-0.05, 0) is 63.1 Å². The first kappa shape index (κ1) is 22.6. The molecule has 0 radical (unpaired) electrons. The Hall–Kier alpha value is -4.82. The number of aryl methyl sites for hydroxylation is 4. The second-order valence-electron chi connectivity index (χ2n) is 9.53. The van der Waals surface area contributed by atoms with Gasteiger partial charge >= 0.3 is 0 Å². The van der Waals surface area contributed by atoms with Gasteiger partial charge in [-0.2, -0.15) is 0 Å². The molecule has 37 heavy (non-hydrogen) atoms. The Morgan fingerprint density at radius 2 is 1.35 bits per heavy atom. The molecule has 0 aliphatic rings. The third-order valence-electron chi connectivity index (χ3n) is 6.69. The lowest BCUT2D eigenvalue weighted by molar-refractivity contribution is 0.929. The van der Waals surface area contributed by atoms with Gasteiger partial charge in [0.05, 0.1) is 17.6 Å². The molecule has 2 heterocycles. The summed E-state index contributed by atoms with van der Waals surface area (Å²) in [5.74, 6) is 1.80. The molecule has 0 bridgehead atoms. The maximum absolute atomic E-state index is 7.75. The molecular formula is C32H25N5. The first-order valence-corrected chi connectivity index (χ1v) is 12.2. The molecule has 6 aromatic rings. The van der Waals surface area contributed by atoms with E-state index in [1.165, 1.54) is 33.0 Å². The molecule has 2 aromatic heterocycles. The van der Waals surface area contributed by atoms with Crippen molar-refractivity contribution in [1.82, 2.24) is 19.5 Å². The number of hydrogen-bond donors (Lipinski definition) is 0. The predicted octanol–water partition coefficient (Wildman–Crippen LogP) is 8.09. The molecule has 0 N–H and O–H groups in total. The smallest absolute Gasteiger partial charge is 0.198 e. The maximum Gasteiger partial charge on any atom is 0.198 e. The van der Waals surface area contributed by atoms with Crippen molar-refractivity contribution in [2.45, 2.75) is 27.7 Å². The van der Waals surface area contributed by atoms with E-state index >= 15 is 0 Å². The molecule has 0 fully saturated rings. The number of aromatic nitrogens is 4. The highest BCUT2D eigenvalue weighted by atomic mass is 15.0. The summed E-state index contributed by atoms with van der Waals surface area (Å²) in [5, 5.41) is 2.37. The van der Waals surface area contributed by atoms with Crippen LogP contribution in [0.2, 0.25) is 0 Å². The molecule has 0 spiro atoms. The van der Waals surface area contributed by atoms with Crippen molar-refractivity contribution in [2.75, 3.05) is 0 Å². The summed E-state index contributed by atoms with van der Waals surface area (Å²) >= 11 is 0. The van der Waals surface area contributed by atoms with Crippen molar-refractivity contribution in [2.24, 2.45) is 0 Å². The molecule has 6 rings (SSSR count). The monoisotopic (exact) mass is 479 g/mol. The van der Waals surface area contributed by atoms with E-state index in [9.17, 15) is 0 Å². The van der Waals surface area contributed by atoms with Crippen LogP contribution in [-0.4, -0.2) is 19.5 Å². The molecule has 0 aliphatic carbocycles.